The fourth-order valence-electron chi connectivity index (χ4n) is 3.79. The predicted octanol–water partition coefficient (Wildman–Crippen LogP) is 2.30. The first-order valence-electron chi connectivity index (χ1n) is 10.6. The number of methoxy groups -OCH3 is 1. The Morgan fingerprint density at radius 2 is 1.75 bits per heavy atom. The van der Waals surface area contributed by atoms with Crippen LogP contribution in [0.4, 0.5) is 4.39 Å². The zero-order chi connectivity index (χ0) is 23.1. The Morgan fingerprint density at radius 3 is 2.34 bits per heavy atom. The summed E-state index contributed by atoms with van der Waals surface area (Å²) in [4.78, 5) is 38.7. The van der Waals surface area contributed by atoms with Gasteiger partial charge in [0.2, 0.25) is 11.8 Å². The SMILES string of the molecule is COc1ccc(C[C@H](NC(C)=O)C(=O)NC2CCN(C(=O)c3ccccc3F)CC2)cc1. The topological polar surface area (TPSA) is 87.7 Å². The molecule has 2 aromatic carbocycles. The standard InChI is InChI=1S/C24H28FN3O4/c1-16(29)26-22(15-17-7-9-19(32-2)10-8-17)23(30)27-18-11-13-28(14-12-18)24(31)20-5-3-4-6-21(20)25/h3-10,18,22H,11-15H2,1-2H3,(H,26,29)(H,27,30)/t22-/m0/s1. The number of amides is 3. The second-order valence-electron chi connectivity index (χ2n) is 7.86. The van der Waals surface area contributed by atoms with E-state index in [-0.39, 0.29) is 29.3 Å². The lowest BCUT2D eigenvalue weighted by atomic mass is 10.0. The van der Waals surface area contributed by atoms with E-state index in [2.05, 4.69) is 10.6 Å². The molecule has 2 N–H and O–H groups in total. The summed E-state index contributed by atoms with van der Waals surface area (Å²) in [6.45, 7) is 2.21. The Hall–Kier alpha value is -3.42. The molecule has 0 aliphatic carbocycles. The molecule has 0 spiro atoms. The van der Waals surface area contributed by atoms with E-state index < -0.39 is 11.9 Å². The van der Waals surface area contributed by atoms with E-state index in [1.54, 1.807) is 36.3 Å². The zero-order valence-electron chi connectivity index (χ0n) is 18.3. The molecule has 1 saturated heterocycles. The van der Waals surface area contributed by atoms with Crippen molar-refractivity contribution < 1.29 is 23.5 Å². The number of nitrogens with zero attached hydrogens (tertiary/aromatic N) is 1. The maximum Gasteiger partial charge on any atom is 0.256 e. The van der Waals surface area contributed by atoms with Gasteiger partial charge in [-0.05, 0) is 42.7 Å². The molecular weight excluding hydrogens is 413 g/mol. The van der Waals surface area contributed by atoms with Crippen LogP contribution in [0.15, 0.2) is 48.5 Å². The second-order valence-corrected chi connectivity index (χ2v) is 7.86. The van der Waals surface area contributed by atoms with E-state index in [9.17, 15) is 18.8 Å². The summed E-state index contributed by atoms with van der Waals surface area (Å²) in [5.41, 5.74) is 0.949. The highest BCUT2D eigenvalue weighted by atomic mass is 19.1. The summed E-state index contributed by atoms with van der Waals surface area (Å²) in [6.07, 6.45) is 1.46. The van der Waals surface area contributed by atoms with Crippen LogP contribution in [0.2, 0.25) is 0 Å². The van der Waals surface area contributed by atoms with Crippen LogP contribution in [0.3, 0.4) is 0 Å². The Bertz CT molecular complexity index is 956. The largest absolute Gasteiger partial charge is 0.497 e. The van der Waals surface area contributed by atoms with Crippen LogP contribution in [-0.2, 0) is 16.0 Å². The third-order valence-electron chi connectivity index (χ3n) is 5.53. The number of benzene rings is 2. The van der Waals surface area contributed by atoms with Gasteiger partial charge >= 0.3 is 0 Å². The third kappa shape index (κ3) is 6.06. The van der Waals surface area contributed by atoms with Gasteiger partial charge in [0.05, 0.1) is 12.7 Å². The summed E-state index contributed by atoms with van der Waals surface area (Å²) in [5, 5.41) is 5.70. The number of piperidine rings is 1. The van der Waals surface area contributed by atoms with E-state index in [1.165, 1.54) is 19.1 Å². The number of nitrogens with one attached hydrogen (secondary N) is 2. The molecule has 0 radical (unpaired) electrons. The minimum Gasteiger partial charge on any atom is -0.497 e. The lowest BCUT2D eigenvalue weighted by Gasteiger charge is -2.33. The first-order valence-corrected chi connectivity index (χ1v) is 10.6. The number of hydrogen-bond acceptors (Lipinski definition) is 4. The first-order chi connectivity index (χ1) is 15.4. The number of hydrogen-bond donors (Lipinski definition) is 2. The third-order valence-corrected chi connectivity index (χ3v) is 5.53. The van der Waals surface area contributed by atoms with E-state index >= 15 is 0 Å². The van der Waals surface area contributed by atoms with Gasteiger partial charge in [0.25, 0.3) is 5.91 Å². The normalized spacial score (nSPS) is 15.0. The van der Waals surface area contributed by atoms with E-state index in [0.717, 1.165) is 5.56 Å². The van der Waals surface area contributed by atoms with Crippen LogP contribution < -0.4 is 15.4 Å². The number of rotatable bonds is 7. The van der Waals surface area contributed by atoms with Crippen molar-refractivity contribution >= 4 is 17.7 Å². The van der Waals surface area contributed by atoms with Crippen molar-refractivity contribution in [3.63, 3.8) is 0 Å². The highest BCUT2D eigenvalue weighted by Crippen LogP contribution is 2.17. The minimum absolute atomic E-state index is 0.0557. The van der Waals surface area contributed by atoms with Crippen LogP contribution in [0.5, 0.6) is 5.75 Å². The van der Waals surface area contributed by atoms with Gasteiger partial charge in [-0.3, -0.25) is 14.4 Å². The molecule has 1 heterocycles. The first kappa shape index (κ1) is 23.2. The molecule has 32 heavy (non-hydrogen) atoms. The Morgan fingerprint density at radius 1 is 1.09 bits per heavy atom. The van der Waals surface area contributed by atoms with Gasteiger partial charge in [0.1, 0.15) is 17.6 Å². The Balaban J connectivity index is 1.56. The van der Waals surface area contributed by atoms with E-state index in [4.69, 9.17) is 4.74 Å². The van der Waals surface area contributed by atoms with Crippen molar-refractivity contribution in [3.05, 3.63) is 65.5 Å². The molecular formula is C24H28FN3O4. The number of halogens is 1. The summed E-state index contributed by atoms with van der Waals surface area (Å²) in [5.74, 6) is -0.724. The lowest BCUT2D eigenvalue weighted by molar-refractivity contribution is -0.128. The van der Waals surface area contributed by atoms with Crippen LogP contribution in [-0.4, -0.2) is 54.9 Å². The molecule has 1 fully saturated rings. The number of carbonyl (C=O) groups is 3. The molecule has 0 saturated carbocycles. The molecule has 3 amide bonds. The maximum atomic E-state index is 13.9. The molecule has 0 aromatic heterocycles. The smallest absolute Gasteiger partial charge is 0.256 e. The molecule has 1 aliphatic rings. The van der Waals surface area contributed by atoms with E-state index in [1.807, 2.05) is 12.1 Å². The lowest BCUT2D eigenvalue weighted by Crippen LogP contribution is -2.53. The highest BCUT2D eigenvalue weighted by Gasteiger charge is 2.28. The predicted molar refractivity (Wildman–Crippen MR) is 118 cm³/mol. The molecule has 170 valence electrons. The van der Waals surface area contributed by atoms with Gasteiger partial charge in [-0.15, -0.1) is 0 Å². The van der Waals surface area contributed by atoms with Crippen molar-refractivity contribution in [2.24, 2.45) is 0 Å². The van der Waals surface area contributed by atoms with Crippen LogP contribution in [0.1, 0.15) is 35.7 Å². The molecule has 8 heteroatoms. The van der Waals surface area contributed by atoms with Gasteiger partial charge in [-0.1, -0.05) is 24.3 Å². The van der Waals surface area contributed by atoms with E-state index in [0.29, 0.717) is 38.1 Å². The fourth-order valence-corrected chi connectivity index (χ4v) is 3.79. The van der Waals surface area contributed by atoms with Gasteiger partial charge < -0.3 is 20.3 Å². The second kappa shape index (κ2) is 10.7. The zero-order valence-corrected chi connectivity index (χ0v) is 18.3. The number of ether oxygens (including phenoxy) is 1. The summed E-state index contributed by atoms with van der Waals surface area (Å²) in [6, 6.07) is 12.4. The van der Waals surface area contributed by atoms with Gasteiger partial charge in [-0.2, -0.15) is 0 Å². The van der Waals surface area contributed by atoms with Crippen LogP contribution in [0.25, 0.3) is 0 Å². The van der Waals surface area contributed by atoms with Gasteiger partial charge in [0, 0.05) is 32.5 Å². The quantitative estimate of drug-likeness (QED) is 0.690. The highest BCUT2D eigenvalue weighted by molar-refractivity contribution is 5.94. The molecule has 3 rings (SSSR count). The van der Waals surface area contributed by atoms with Crippen molar-refractivity contribution in [1.29, 1.82) is 0 Å². The summed E-state index contributed by atoms with van der Waals surface area (Å²) < 4.78 is 19.1. The number of carbonyl (C=O) groups excluding carboxylic acids is 3. The molecule has 2 aromatic rings. The monoisotopic (exact) mass is 441 g/mol. The van der Waals surface area contributed by atoms with Crippen molar-refractivity contribution in [3.8, 4) is 5.75 Å². The fraction of sp³-hybridized carbons (Fsp3) is 0.375. The molecule has 1 atom stereocenters. The van der Waals surface area contributed by atoms with Gasteiger partial charge in [-0.25, -0.2) is 4.39 Å². The van der Waals surface area contributed by atoms with Crippen molar-refractivity contribution in [2.45, 2.75) is 38.3 Å². The van der Waals surface area contributed by atoms with Crippen molar-refractivity contribution in [1.82, 2.24) is 15.5 Å². The van der Waals surface area contributed by atoms with Crippen LogP contribution in [0, 0.1) is 5.82 Å². The average molecular weight is 442 g/mol. The molecule has 0 bridgehead atoms. The maximum absolute atomic E-state index is 13.9. The average Bonchev–Trinajstić information content (AvgIpc) is 2.79. The molecule has 0 unspecified atom stereocenters. The van der Waals surface area contributed by atoms with Crippen molar-refractivity contribution in [2.75, 3.05) is 20.2 Å². The van der Waals surface area contributed by atoms with Gasteiger partial charge in [0.15, 0.2) is 0 Å². The van der Waals surface area contributed by atoms with Crippen LogP contribution >= 0.6 is 0 Å². The molecule has 7 nitrogen and oxygen atoms in total. The summed E-state index contributed by atoms with van der Waals surface area (Å²) in [7, 11) is 1.58. The summed E-state index contributed by atoms with van der Waals surface area (Å²) >= 11 is 0. The Kier molecular flexibility index (Phi) is 7.81. The molecule has 1 aliphatic heterocycles. The number of likely N-dealkylation sites (tertiary alicyclic amines) is 1. The minimum atomic E-state index is -0.709. The Labute approximate surface area is 186 Å².